The number of carbonyl (C=O) groups excluding carboxylic acids is 4. The van der Waals surface area contributed by atoms with Gasteiger partial charge in [-0.05, 0) is 84.5 Å². The number of benzene rings is 4. The molecule has 0 aromatic heterocycles. The maximum atomic E-state index is 15.3. The first-order valence-electron chi connectivity index (χ1n) is 16.2. The van der Waals surface area contributed by atoms with Crippen molar-refractivity contribution in [2.75, 3.05) is 16.9 Å². The van der Waals surface area contributed by atoms with Crippen LogP contribution in [-0.4, -0.2) is 35.8 Å². The largest absolute Gasteiger partial charge is 0.503 e. The highest BCUT2D eigenvalue weighted by atomic mass is 35.5. The molecule has 252 valence electrons. The van der Waals surface area contributed by atoms with Gasteiger partial charge >= 0.3 is 0 Å². The minimum Gasteiger partial charge on any atom is -0.503 e. The summed E-state index contributed by atoms with van der Waals surface area (Å²) in [6.07, 6.45) is 2.34. The van der Waals surface area contributed by atoms with Crippen LogP contribution in [0.2, 0.25) is 15.1 Å². The zero-order valence-corrected chi connectivity index (χ0v) is 28.8. The Balaban J connectivity index is 1.37. The second kappa shape index (κ2) is 12.0. The number of phenols is 1. The fourth-order valence-electron chi connectivity index (χ4n) is 8.88. The number of methoxy groups -OCH3 is 1. The third-order valence-electron chi connectivity index (χ3n) is 10.9. The lowest BCUT2D eigenvalue weighted by Gasteiger charge is -2.50. The number of ether oxygens (including phenoxy) is 1. The average molecular weight is 728 g/mol. The van der Waals surface area contributed by atoms with E-state index in [0.29, 0.717) is 32.5 Å². The quantitative estimate of drug-likeness (QED) is 0.167. The number of hydrogen-bond acceptors (Lipinski definition) is 6. The molecule has 4 aliphatic rings. The number of fused-ring (bicyclic) bond motifs is 4. The normalized spacial score (nSPS) is 27.2. The van der Waals surface area contributed by atoms with Gasteiger partial charge in [0.25, 0.3) is 0 Å². The fourth-order valence-corrected chi connectivity index (χ4v) is 9.41. The molecule has 4 aromatic rings. The van der Waals surface area contributed by atoms with E-state index in [0.717, 1.165) is 5.57 Å². The van der Waals surface area contributed by atoms with Crippen molar-refractivity contribution in [3.63, 3.8) is 0 Å². The molecule has 2 saturated heterocycles. The summed E-state index contributed by atoms with van der Waals surface area (Å²) in [5, 5.41) is 11.6. The van der Waals surface area contributed by atoms with Crippen molar-refractivity contribution in [1.82, 2.24) is 0 Å². The Bertz CT molecular complexity index is 2140. The van der Waals surface area contributed by atoms with E-state index in [1.807, 2.05) is 36.4 Å². The first-order valence-corrected chi connectivity index (χ1v) is 17.3. The standard InChI is InChI=1S/C39H29Cl3N2O6/c1-50-31-17-20(16-30(42)34(31)45)33-26-14-15-27-32(37(48)43(35(27)46)24-12-10-22(40)11-13-24)28(26)19-29-36(47)44(25-9-5-8-23(41)18-25)38(49)39(29,33)21-6-3-2-4-7-21/h2-14,16-18,27-29,32-33,45H,15,19H2,1H3. The van der Waals surface area contributed by atoms with Crippen LogP contribution in [0, 0.1) is 23.7 Å². The van der Waals surface area contributed by atoms with Crippen molar-refractivity contribution in [2.24, 2.45) is 23.7 Å². The summed E-state index contributed by atoms with van der Waals surface area (Å²) in [5.74, 6) is -5.56. The maximum Gasteiger partial charge on any atom is 0.246 e. The molecule has 8 rings (SSSR count). The van der Waals surface area contributed by atoms with Crippen LogP contribution in [-0.2, 0) is 24.6 Å². The minimum absolute atomic E-state index is 0.0000231. The molecule has 4 aromatic carbocycles. The smallest absolute Gasteiger partial charge is 0.246 e. The molecule has 2 aliphatic heterocycles. The van der Waals surface area contributed by atoms with Crippen molar-refractivity contribution in [3.8, 4) is 11.5 Å². The monoisotopic (exact) mass is 726 g/mol. The molecule has 4 amide bonds. The number of halogens is 3. The first kappa shape index (κ1) is 32.6. The summed E-state index contributed by atoms with van der Waals surface area (Å²) >= 11 is 19.1. The molecule has 0 bridgehead atoms. The zero-order valence-electron chi connectivity index (χ0n) is 26.6. The van der Waals surface area contributed by atoms with Crippen molar-refractivity contribution >= 4 is 69.8 Å². The number of phenolic OH excluding ortho intramolecular Hbond substituents is 1. The summed E-state index contributed by atoms with van der Waals surface area (Å²) in [6, 6.07) is 25.5. The van der Waals surface area contributed by atoms with Crippen LogP contribution in [0.3, 0.4) is 0 Å². The molecular formula is C39H29Cl3N2O6. The number of imide groups is 2. The average Bonchev–Trinajstić information content (AvgIpc) is 3.50. The Kier molecular flexibility index (Phi) is 7.82. The predicted molar refractivity (Wildman–Crippen MR) is 190 cm³/mol. The summed E-state index contributed by atoms with van der Waals surface area (Å²) in [7, 11) is 1.40. The van der Waals surface area contributed by atoms with Crippen LogP contribution in [0.1, 0.15) is 29.9 Å². The van der Waals surface area contributed by atoms with Gasteiger partial charge in [-0.3, -0.25) is 24.1 Å². The summed E-state index contributed by atoms with van der Waals surface area (Å²) in [6.45, 7) is 0. The molecule has 11 heteroatoms. The maximum absolute atomic E-state index is 15.3. The number of carbonyl (C=O) groups is 4. The van der Waals surface area contributed by atoms with E-state index in [9.17, 15) is 19.5 Å². The Morgan fingerprint density at radius 3 is 2.20 bits per heavy atom. The van der Waals surface area contributed by atoms with Gasteiger partial charge in [0.2, 0.25) is 23.6 Å². The third kappa shape index (κ3) is 4.58. The molecular weight excluding hydrogens is 699 g/mol. The molecule has 1 saturated carbocycles. The van der Waals surface area contributed by atoms with Gasteiger partial charge in [-0.25, -0.2) is 4.90 Å². The molecule has 2 aliphatic carbocycles. The van der Waals surface area contributed by atoms with Gasteiger partial charge < -0.3 is 9.84 Å². The summed E-state index contributed by atoms with van der Waals surface area (Å²) in [4.78, 5) is 61.0. The number of allylic oxidation sites excluding steroid dienone is 2. The van der Waals surface area contributed by atoms with Gasteiger partial charge in [0.05, 0.1) is 46.7 Å². The van der Waals surface area contributed by atoms with Gasteiger partial charge in [-0.1, -0.05) is 82.9 Å². The van der Waals surface area contributed by atoms with Crippen molar-refractivity contribution in [2.45, 2.75) is 24.2 Å². The number of nitrogens with zero attached hydrogens (tertiary/aromatic N) is 2. The molecule has 8 nitrogen and oxygen atoms in total. The van der Waals surface area contributed by atoms with E-state index in [1.165, 1.54) is 16.9 Å². The Hall–Kier alpha value is -4.63. The molecule has 6 atom stereocenters. The molecule has 1 N–H and O–H groups in total. The third-order valence-corrected chi connectivity index (χ3v) is 11.6. The Morgan fingerprint density at radius 1 is 0.760 bits per heavy atom. The molecule has 3 fully saturated rings. The highest BCUT2D eigenvalue weighted by Crippen LogP contribution is 2.65. The fraction of sp³-hybridized carbons (Fsp3) is 0.231. The van der Waals surface area contributed by atoms with Crippen molar-refractivity contribution < 1.29 is 29.0 Å². The SMILES string of the molecule is COc1cc(C2C3=CCC4C(=O)N(c5ccc(Cl)cc5)C(=O)C4C3CC3C(=O)N(c4cccc(Cl)c4)C(=O)C32c2ccccc2)cc(Cl)c1O. The zero-order chi connectivity index (χ0) is 35.1. The lowest BCUT2D eigenvalue weighted by molar-refractivity contribution is -0.127. The number of amides is 4. The number of hydrogen-bond donors (Lipinski definition) is 1. The molecule has 6 unspecified atom stereocenters. The van der Waals surface area contributed by atoms with Crippen LogP contribution < -0.4 is 14.5 Å². The van der Waals surface area contributed by atoms with Crippen molar-refractivity contribution in [1.29, 1.82) is 0 Å². The predicted octanol–water partition coefficient (Wildman–Crippen LogP) is 7.73. The molecule has 50 heavy (non-hydrogen) atoms. The molecule has 0 radical (unpaired) electrons. The van der Waals surface area contributed by atoms with Crippen LogP contribution in [0.5, 0.6) is 11.5 Å². The molecule has 0 spiro atoms. The second-order valence-corrected chi connectivity index (χ2v) is 14.4. The van der Waals surface area contributed by atoms with Crippen LogP contribution in [0.4, 0.5) is 11.4 Å². The Labute approximate surface area is 302 Å². The van der Waals surface area contributed by atoms with Crippen molar-refractivity contribution in [3.05, 3.63) is 129 Å². The number of rotatable bonds is 5. The van der Waals surface area contributed by atoms with E-state index in [2.05, 4.69) is 0 Å². The second-order valence-electron chi connectivity index (χ2n) is 13.1. The van der Waals surface area contributed by atoms with Crippen LogP contribution in [0.25, 0.3) is 0 Å². The highest BCUT2D eigenvalue weighted by molar-refractivity contribution is 6.33. The minimum atomic E-state index is -1.50. The van der Waals surface area contributed by atoms with E-state index >= 15 is 4.79 Å². The molecule has 2 heterocycles. The van der Waals surface area contributed by atoms with Gasteiger partial charge in [-0.2, -0.15) is 0 Å². The van der Waals surface area contributed by atoms with Gasteiger partial charge in [-0.15, -0.1) is 0 Å². The first-order chi connectivity index (χ1) is 24.1. The topological polar surface area (TPSA) is 104 Å². The van der Waals surface area contributed by atoms with E-state index < -0.39 is 46.8 Å². The van der Waals surface area contributed by atoms with Gasteiger partial charge in [0.1, 0.15) is 0 Å². The highest BCUT2D eigenvalue weighted by Gasteiger charge is 2.70. The number of anilines is 2. The van der Waals surface area contributed by atoms with Gasteiger partial charge in [0, 0.05) is 16.0 Å². The number of aromatic hydroxyl groups is 1. The summed E-state index contributed by atoms with van der Waals surface area (Å²) < 4.78 is 5.52. The lowest BCUT2D eigenvalue weighted by Crippen LogP contribution is -2.53. The van der Waals surface area contributed by atoms with Crippen LogP contribution in [0.15, 0.2) is 103 Å². The van der Waals surface area contributed by atoms with Gasteiger partial charge in [0.15, 0.2) is 11.5 Å². The lowest BCUT2D eigenvalue weighted by atomic mass is 9.49. The summed E-state index contributed by atoms with van der Waals surface area (Å²) in [5.41, 5.74) is 1.13. The Morgan fingerprint density at radius 2 is 1.50 bits per heavy atom. The van der Waals surface area contributed by atoms with E-state index in [-0.39, 0.29) is 41.2 Å². The van der Waals surface area contributed by atoms with Crippen LogP contribution >= 0.6 is 34.8 Å². The van der Waals surface area contributed by atoms with E-state index in [4.69, 9.17) is 39.5 Å². The van der Waals surface area contributed by atoms with E-state index in [1.54, 1.807) is 60.7 Å².